The van der Waals surface area contributed by atoms with Crippen molar-refractivity contribution < 1.29 is 14.1 Å². The predicted octanol–water partition coefficient (Wildman–Crippen LogP) is 1.27. The third kappa shape index (κ3) is 3.47. The molecule has 14 heavy (non-hydrogen) atoms. The minimum absolute atomic E-state index is 0.382. The van der Waals surface area contributed by atoms with Crippen molar-refractivity contribution in [3.8, 4) is 0 Å². The van der Waals surface area contributed by atoms with Gasteiger partial charge in [-0.3, -0.25) is 0 Å². The molecule has 0 aliphatic carbocycles. The van der Waals surface area contributed by atoms with Crippen LogP contribution >= 0.6 is 0 Å². The number of ether oxygens (including phenoxy) is 1. The first-order valence-corrected chi connectivity index (χ1v) is 4.55. The fourth-order valence-corrected chi connectivity index (χ4v) is 1.00. The first-order valence-electron chi connectivity index (χ1n) is 4.55. The largest absolute Gasteiger partial charge is 0.450 e. The molecule has 1 aromatic rings. The number of alkyl carbamates (subject to hydrolysis) is 1. The summed E-state index contributed by atoms with van der Waals surface area (Å²) in [5.74, 6) is 0.763. The van der Waals surface area contributed by atoms with Crippen molar-refractivity contribution in [3.63, 3.8) is 0 Å². The van der Waals surface area contributed by atoms with Gasteiger partial charge in [0.1, 0.15) is 5.76 Å². The van der Waals surface area contributed by atoms with E-state index in [0.29, 0.717) is 19.6 Å². The molecule has 0 aliphatic rings. The molecule has 0 spiro atoms. The standard InChI is InChI=1S/C9H14N2O3/c1-3-13-9(12)10-5-4-8-6-7(2)11-14-8/h6H,3-5H2,1-2H3,(H,10,12). The first-order chi connectivity index (χ1) is 6.72. The number of rotatable bonds is 4. The number of hydrogen-bond acceptors (Lipinski definition) is 4. The second kappa shape index (κ2) is 5.26. The van der Waals surface area contributed by atoms with Crippen molar-refractivity contribution in [1.29, 1.82) is 0 Å². The lowest BCUT2D eigenvalue weighted by Gasteiger charge is -2.02. The summed E-state index contributed by atoms with van der Waals surface area (Å²) in [5, 5.41) is 6.32. The van der Waals surface area contributed by atoms with E-state index in [0.717, 1.165) is 11.5 Å². The fraction of sp³-hybridized carbons (Fsp3) is 0.556. The highest BCUT2D eigenvalue weighted by Crippen LogP contribution is 2.01. The molecule has 0 fully saturated rings. The van der Waals surface area contributed by atoms with Gasteiger partial charge in [0.05, 0.1) is 12.3 Å². The second-order valence-electron chi connectivity index (χ2n) is 2.83. The van der Waals surface area contributed by atoms with E-state index in [9.17, 15) is 4.79 Å². The summed E-state index contributed by atoms with van der Waals surface area (Å²) in [6, 6.07) is 1.84. The van der Waals surface area contributed by atoms with Gasteiger partial charge in [-0.1, -0.05) is 5.16 Å². The van der Waals surface area contributed by atoms with E-state index in [1.165, 1.54) is 0 Å². The van der Waals surface area contributed by atoms with Gasteiger partial charge in [-0.05, 0) is 13.8 Å². The zero-order valence-corrected chi connectivity index (χ0v) is 8.37. The molecule has 78 valence electrons. The summed E-state index contributed by atoms with van der Waals surface area (Å²) in [5.41, 5.74) is 0.844. The van der Waals surface area contributed by atoms with Gasteiger partial charge in [-0.15, -0.1) is 0 Å². The Kier molecular flexibility index (Phi) is 3.97. The fourth-order valence-electron chi connectivity index (χ4n) is 1.00. The van der Waals surface area contributed by atoms with Gasteiger partial charge in [0.25, 0.3) is 0 Å². The van der Waals surface area contributed by atoms with Crippen molar-refractivity contribution in [3.05, 3.63) is 17.5 Å². The Hall–Kier alpha value is -1.52. The summed E-state index contributed by atoms with van der Waals surface area (Å²) in [6.07, 6.45) is 0.225. The van der Waals surface area contributed by atoms with Crippen LogP contribution in [0, 0.1) is 6.92 Å². The van der Waals surface area contributed by atoms with Crippen molar-refractivity contribution >= 4 is 6.09 Å². The molecule has 1 heterocycles. The van der Waals surface area contributed by atoms with E-state index >= 15 is 0 Å². The van der Waals surface area contributed by atoms with Crippen LogP contribution in [0.5, 0.6) is 0 Å². The molecule has 1 aromatic heterocycles. The molecule has 1 N–H and O–H groups in total. The number of carbonyl (C=O) groups excluding carboxylic acids is 1. The molecule has 0 aromatic carbocycles. The molecule has 0 bridgehead atoms. The summed E-state index contributed by atoms with van der Waals surface area (Å²) in [6.45, 7) is 4.49. The van der Waals surface area contributed by atoms with Gasteiger partial charge in [0, 0.05) is 19.0 Å². The van der Waals surface area contributed by atoms with Crippen LogP contribution in [0.3, 0.4) is 0 Å². The Bertz CT molecular complexity index is 296. The van der Waals surface area contributed by atoms with Crippen LogP contribution in [0.15, 0.2) is 10.6 Å². The maximum Gasteiger partial charge on any atom is 0.407 e. The van der Waals surface area contributed by atoms with Crippen LogP contribution in [0.1, 0.15) is 18.4 Å². The van der Waals surface area contributed by atoms with Crippen molar-refractivity contribution in [2.24, 2.45) is 0 Å². The van der Waals surface area contributed by atoms with Crippen LogP contribution in [0.25, 0.3) is 0 Å². The van der Waals surface area contributed by atoms with Gasteiger partial charge < -0.3 is 14.6 Å². The lowest BCUT2D eigenvalue weighted by molar-refractivity contribution is 0.152. The number of nitrogens with zero attached hydrogens (tertiary/aromatic N) is 1. The molecule has 0 saturated heterocycles. The van der Waals surface area contributed by atoms with Crippen LogP contribution < -0.4 is 5.32 Å². The smallest absolute Gasteiger partial charge is 0.407 e. The summed E-state index contributed by atoms with van der Waals surface area (Å²) in [7, 11) is 0. The number of nitrogens with one attached hydrogen (secondary N) is 1. The summed E-state index contributed by atoms with van der Waals surface area (Å²) < 4.78 is 9.65. The number of aromatic nitrogens is 1. The Morgan fingerprint density at radius 2 is 2.50 bits per heavy atom. The normalized spacial score (nSPS) is 9.86. The summed E-state index contributed by atoms with van der Waals surface area (Å²) in [4.78, 5) is 10.9. The molecule has 0 atom stereocenters. The monoisotopic (exact) mass is 198 g/mol. The predicted molar refractivity (Wildman–Crippen MR) is 50.0 cm³/mol. The van der Waals surface area contributed by atoms with Crippen molar-refractivity contribution in [2.45, 2.75) is 20.3 Å². The maximum atomic E-state index is 10.9. The highest BCUT2D eigenvalue weighted by molar-refractivity contribution is 5.66. The quantitative estimate of drug-likeness (QED) is 0.791. The Morgan fingerprint density at radius 1 is 1.71 bits per heavy atom. The average molecular weight is 198 g/mol. The van der Waals surface area contributed by atoms with Crippen LogP contribution in [-0.4, -0.2) is 24.4 Å². The van der Waals surface area contributed by atoms with Crippen LogP contribution in [-0.2, 0) is 11.2 Å². The van der Waals surface area contributed by atoms with Gasteiger partial charge >= 0.3 is 6.09 Å². The van der Waals surface area contributed by atoms with Gasteiger partial charge in [0.2, 0.25) is 0 Å². The van der Waals surface area contributed by atoms with E-state index in [4.69, 9.17) is 4.52 Å². The first kappa shape index (κ1) is 10.6. The molecule has 0 radical (unpaired) electrons. The SMILES string of the molecule is CCOC(=O)NCCc1cc(C)no1. The molecule has 5 heteroatoms. The van der Waals surface area contributed by atoms with Gasteiger partial charge in [0.15, 0.2) is 0 Å². The number of aryl methyl sites for hydroxylation is 1. The highest BCUT2D eigenvalue weighted by Gasteiger charge is 2.02. The minimum Gasteiger partial charge on any atom is -0.450 e. The minimum atomic E-state index is -0.399. The van der Waals surface area contributed by atoms with E-state index in [2.05, 4.69) is 15.2 Å². The van der Waals surface area contributed by atoms with E-state index in [1.54, 1.807) is 6.92 Å². The molecule has 0 unspecified atom stereocenters. The molecule has 0 saturated carbocycles. The zero-order valence-electron chi connectivity index (χ0n) is 8.37. The summed E-state index contributed by atoms with van der Waals surface area (Å²) >= 11 is 0. The average Bonchev–Trinajstić information content (AvgIpc) is 2.52. The van der Waals surface area contributed by atoms with E-state index < -0.39 is 6.09 Å². The number of amides is 1. The molecular formula is C9H14N2O3. The van der Waals surface area contributed by atoms with Crippen LogP contribution in [0.2, 0.25) is 0 Å². The topological polar surface area (TPSA) is 64.4 Å². The molecule has 5 nitrogen and oxygen atoms in total. The Labute approximate surface area is 82.4 Å². The Balaban J connectivity index is 2.18. The molecule has 1 amide bonds. The molecule has 0 aliphatic heterocycles. The van der Waals surface area contributed by atoms with Gasteiger partial charge in [-0.2, -0.15) is 0 Å². The van der Waals surface area contributed by atoms with Crippen LogP contribution in [0.4, 0.5) is 4.79 Å². The van der Waals surface area contributed by atoms with Gasteiger partial charge in [-0.25, -0.2) is 4.79 Å². The third-order valence-electron chi connectivity index (χ3n) is 1.59. The number of hydrogen-bond donors (Lipinski definition) is 1. The number of carbonyl (C=O) groups is 1. The maximum absolute atomic E-state index is 10.9. The highest BCUT2D eigenvalue weighted by atomic mass is 16.5. The van der Waals surface area contributed by atoms with Crippen molar-refractivity contribution in [1.82, 2.24) is 10.5 Å². The van der Waals surface area contributed by atoms with Crippen molar-refractivity contribution in [2.75, 3.05) is 13.2 Å². The lowest BCUT2D eigenvalue weighted by Crippen LogP contribution is -2.26. The molecule has 1 rings (SSSR count). The third-order valence-corrected chi connectivity index (χ3v) is 1.59. The molecular weight excluding hydrogens is 184 g/mol. The zero-order chi connectivity index (χ0) is 10.4. The van der Waals surface area contributed by atoms with E-state index in [-0.39, 0.29) is 0 Å². The lowest BCUT2D eigenvalue weighted by atomic mass is 10.3. The van der Waals surface area contributed by atoms with E-state index in [1.807, 2.05) is 13.0 Å². The second-order valence-corrected chi connectivity index (χ2v) is 2.83. The Morgan fingerprint density at radius 3 is 3.07 bits per heavy atom.